The molecule has 2 aliphatic rings. The summed E-state index contributed by atoms with van der Waals surface area (Å²) in [5.41, 5.74) is 4.50. The number of nitrogens with zero attached hydrogens (tertiary/aromatic N) is 1. The van der Waals surface area contributed by atoms with E-state index in [0.29, 0.717) is 19.3 Å². The SMILES string of the molecule is CC(C)C(NC(=O)NC(C(=O)N1CCCC1C(=O)NC(CC1CC1)C(=O)C(N)=O)C(C)(C)C)C(=O)c1ccccc1O. The zero-order chi connectivity index (χ0) is 31.4. The van der Waals surface area contributed by atoms with Crippen LogP contribution in [-0.4, -0.2) is 76.0 Å². The minimum absolute atomic E-state index is 0.0701. The maximum Gasteiger partial charge on any atom is 0.316 e. The van der Waals surface area contributed by atoms with Gasteiger partial charge in [0.2, 0.25) is 17.6 Å². The number of para-hydroxylation sites is 1. The second-order valence-corrected chi connectivity index (χ2v) is 12.7. The normalized spacial score (nSPS) is 19.0. The highest BCUT2D eigenvalue weighted by atomic mass is 16.3. The minimum Gasteiger partial charge on any atom is -0.507 e. The number of Topliss-reactive ketones (excluding diaryl/α,β-unsaturated/α-hetero) is 2. The third-order valence-corrected chi connectivity index (χ3v) is 7.77. The molecule has 0 radical (unpaired) electrons. The van der Waals surface area contributed by atoms with Crippen molar-refractivity contribution in [2.24, 2.45) is 23.0 Å². The van der Waals surface area contributed by atoms with Crippen LogP contribution in [0.1, 0.15) is 77.1 Å². The van der Waals surface area contributed by atoms with Gasteiger partial charge in [-0.3, -0.25) is 24.0 Å². The third-order valence-electron chi connectivity index (χ3n) is 7.77. The highest BCUT2D eigenvalue weighted by Crippen LogP contribution is 2.34. The van der Waals surface area contributed by atoms with Gasteiger partial charge < -0.3 is 31.7 Å². The lowest BCUT2D eigenvalue weighted by molar-refractivity contribution is -0.143. The molecule has 0 bridgehead atoms. The van der Waals surface area contributed by atoms with Gasteiger partial charge in [0.05, 0.1) is 17.6 Å². The van der Waals surface area contributed by atoms with Gasteiger partial charge in [0.25, 0.3) is 5.91 Å². The van der Waals surface area contributed by atoms with E-state index in [-0.39, 0.29) is 29.7 Å². The van der Waals surface area contributed by atoms with E-state index in [1.807, 2.05) is 0 Å². The van der Waals surface area contributed by atoms with Crippen LogP contribution in [0.15, 0.2) is 24.3 Å². The van der Waals surface area contributed by atoms with E-state index >= 15 is 0 Å². The summed E-state index contributed by atoms with van der Waals surface area (Å²) < 4.78 is 0. The van der Waals surface area contributed by atoms with Gasteiger partial charge in [0.15, 0.2) is 5.78 Å². The molecule has 12 nitrogen and oxygen atoms in total. The van der Waals surface area contributed by atoms with Crippen LogP contribution in [0.4, 0.5) is 4.79 Å². The van der Waals surface area contributed by atoms with Crippen molar-refractivity contribution in [3.05, 3.63) is 29.8 Å². The molecule has 1 aliphatic heterocycles. The summed E-state index contributed by atoms with van der Waals surface area (Å²) in [6.07, 6.45) is 3.02. The Hall–Kier alpha value is -3.96. The number of phenolic OH excluding ortho intramolecular Hbond substituents is 1. The predicted molar refractivity (Wildman–Crippen MR) is 154 cm³/mol. The lowest BCUT2D eigenvalue weighted by Gasteiger charge is -2.36. The number of benzene rings is 1. The summed E-state index contributed by atoms with van der Waals surface area (Å²) in [5.74, 6) is -3.79. The summed E-state index contributed by atoms with van der Waals surface area (Å²) in [7, 11) is 0. The first-order valence-electron chi connectivity index (χ1n) is 14.5. The molecule has 4 atom stereocenters. The molecule has 1 saturated heterocycles. The zero-order valence-electron chi connectivity index (χ0n) is 24.9. The van der Waals surface area contributed by atoms with Crippen molar-refractivity contribution in [1.82, 2.24) is 20.9 Å². The number of likely N-dealkylation sites (tertiary alicyclic amines) is 1. The fourth-order valence-electron chi connectivity index (χ4n) is 5.17. The Bertz CT molecular complexity index is 1220. The molecule has 1 heterocycles. The maximum atomic E-state index is 13.8. The van der Waals surface area contributed by atoms with Gasteiger partial charge in [0, 0.05) is 6.54 Å². The van der Waals surface area contributed by atoms with Crippen LogP contribution in [0.3, 0.4) is 0 Å². The summed E-state index contributed by atoms with van der Waals surface area (Å²) in [6, 6.07) is 1.34. The van der Waals surface area contributed by atoms with E-state index in [0.717, 1.165) is 12.8 Å². The van der Waals surface area contributed by atoms with E-state index < -0.39 is 64.9 Å². The number of urea groups is 1. The number of rotatable bonds is 12. The van der Waals surface area contributed by atoms with Crippen molar-refractivity contribution in [2.75, 3.05) is 6.54 Å². The van der Waals surface area contributed by atoms with Crippen LogP contribution >= 0.6 is 0 Å². The quantitative estimate of drug-likeness (QED) is 0.182. The molecule has 3 rings (SSSR count). The highest BCUT2D eigenvalue weighted by molar-refractivity contribution is 6.37. The fourth-order valence-corrected chi connectivity index (χ4v) is 5.17. The van der Waals surface area contributed by atoms with Crippen molar-refractivity contribution in [2.45, 2.75) is 90.9 Å². The first-order chi connectivity index (χ1) is 19.6. The molecule has 0 spiro atoms. The van der Waals surface area contributed by atoms with Crippen molar-refractivity contribution < 1.29 is 33.9 Å². The largest absolute Gasteiger partial charge is 0.507 e. The standard InChI is InChI=1S/C30H43N5O7/c1-16(2)22(23(37)18-9-6-7-11-21(18)36)33-29(42)34-25(30(3,4)5)28(41)35-14-8-10-20(35)27(40)32-19(15-17-12-13-17)24(38)26(31)39/h6-7,9,11,16-17,19-20,22,25,36H,8,10,12-15H2,1-5H3,(H2,31,39)(H,32,40)(H2,33,34,42). The molecule has 1 aliphatic carbocycles. The lowest BCUT2D eigenvalue weighted by Crippen LogP contribution is -2.61. The molecule has 6 N–H and O–H groups in total. The molecule has 0 aromatic heterocycles. The molecule has 230 valence electrons. The molecular weight excluding hydrogens is 542 g/mol. The number of ketones is 2. The van der Waals surface area contributed by atoms with Gasteiger partial charge in [-0.05, 0) is 48.6 Å². The monoisotopic (exact) mass is 585 g/mol. The Morgan fingerprint density at radius 3 is 2.19 bits per heavy atom. The van der Waals surface area contributed by atoms with Crippen molar-refractivity contribution in [3.63, 3.8) is 0 Å². The van der Waals surface area contributed by atoms with Gasteiger partial charge >= 0.3 is 6.03 Å². The molecule has 12 heteroatoms. The van der Waals surface area contributed by atoms with Crippen LogP contribution in [0, 0.1) is 17.3 Å². The molecule has 1 aromatic rings. The lowest BCUT2D eigenvalue weighted by atomic mass is 9.85. The number of nitrogens with two attached hydrogens (primary N) is 1. The van der Waals surface area contributed by atoms with Gasteiger partial charge in [-0.2, -0.15) is 0 Å². The molecule has 1 aromatic carbocycles. The van der Waals surface area contributed by atoms with Gasteiger partial charge in [-0.25, -0.2) is 4.79 Å². The van der Waals surface area contributed by atoms with Crippen molar-refractivity contribution in [1.29, 1.82) is 0 Å². The molecule has 2 fully saturated rings. The number of amides is 5. The average Bonchev–Trinajstić information content (AvgIpc) is 3.59. The van der Waals surface area contributed by atoms with Crippen LogP contribution < -0.4 is 21.7 Å². The summed E-state index contributed by atoms with van der Waals surface area (Å²) in [5, 5.41) is 18.2. The first-order valence-corrected chi connectivity index (χ1v) is 14.5. The number of carbonyl (C=O) groups excluding carboxylic acids is 6. The van der Waals surface area contributed by atoms with Gasteiger partial charge in [-0.15, -0.1) is 0 Å². The first kappa shape index (κ1) is 32.6. The Morgan fingerprint density at radius 2 is 1.64 bits per heavy atom. The number of nitrogens with one attached hydrogen (secondary N) is 3. The summed E-state index contributed by atoms with van der Waals surface area (Å²) in [6.45, 7) is 9.08. The highest BCUT2D eigenvalue weighted by Gasteiger charge is 2.43. The van der Waals surface area contributed by atoms with E-state index in [4.69, 9.17) is 5.73 Å². The van der Waals surface area contributed by atoms with Gasteiger partial charge in [0.1, 0.15) is 17.8 Å². The number of primary amides is 1. The third kappa shape index (κ3) is 8.07. The van der Waals surface area contributed by atoms with Crippen molar-refractivity contribution in [3.8, 4) is 5.75 Å². The minimum atomic E-state index is -1.12. The molecular formula is C30H43N5O7. The van der Waals surface area contributed by atoms with Crippen LogP contribution in [0.5, 0.6) is 5.75 Å². The predicted octanol–water partition coefficient (Wildman–Crippen LogP) is 1.64. The number of hydrogen-bond acceptors (Lipinski definition) is 7. The second kappa shape index (κ2) is 13.3. The molecule has 4 unspecified atom stereocenters. The molecule has 5 amide bonds. The number of hydrogen-bond donors (Lipinski definition) is 5. The molecule has 1 saturated carbocycles. The fraction of sp³-hybridized carbons (Fsp3) is 0.600. The average molecular weight is 586 g/mol. The smallest absolute Gasteiger partial charge is 0.316 e. The van der Waals surface area contributed by atoms with Crippen LogP contribution in [-0.2, 0) is 19.2 Å². The Morgan fingerprint density at radius 1 is 1.00 bits per heavy atom. The van der Waals surface area contributed by atoms with E-state index in [1.54, 1.807) is 46.8 Å². The summed E-state index contributed by atoms with van der Waals surface area (Å²) in [4.78, 5) is 78.8. The zero-order valence-corrected chi connectivity index (χ0v) is 24.9. The second-order valence-electron chi connectivity index (χ2n) is 12.7. The summed E-state index contributed by atoms with van der Waals surface area (Å²) >= 11 is 0. The maximum absolute atomic E-state index is 13.8. The van der Waals surface area contributed by atoms with Crippen LogP contribution in [0.2, 0.25) is 0 Å². The number of aromatic hydroxyl groups is 1. The Labute approximate surface area is 246 Å². The Balaban J connectivity index is 1.74. The number of carbonyl (C=O) groups is 6. The van der Waals surface area contributed by atoms with Gasteiger partial charge in [-0.1, -0.05) is 59.6 Å². The number of phenols is 1. The van der Waals surface area contributed by atoms with E-state index in [2.05, 4.69) is 16.0 Å². The molecule has 42 heavy (non-hydrogen) atoms. The van der Waals surface area contributed by atoms with Crippen LogP contribution in [0.25, 0.3) is 0 Å². The Kier molecular flexibility index (Phi) is 10.3. The topological polar surface area (TPSA) is 188 Å². The van der Waals surface area contributed by atoms with E-state index in [9.17, 15) is 33.9 Å². The van der Waals surface area contributed by atoms with Crippen molar-refractivity contribution >= 4 is 35.3 Å². The van der Waals surface area contributed by atoms with E-state index in [1.165, 1.54) is 17.0 Å².